The maximum absolute atomic E-state index is 12.2. The van der Waals surface area contributed by atoms with E-state index in [-0.39, 0.29) is 11.5 Å². The lowest BCUT2D eigenvalue weighted by atomic mass is 10.1. The lowest BCUT2D eigenvalue weighted by molar-refractivity contribution is -0.112. The van der Waals surface area contributed by atoms with E-state index in [1.54, 1.807) is 37.3 Å². The number of nitrogens with one attached hydrogen (secondary N) is 2. The van der Waals surface area contributed by atoms with Crippen LogP contribution < -0.4 is 10.6 Å². The molecule has 0 bridgehead atoms. The molecule has 2 aromatic carbocycles. The number of hydrogen-bond acceptors (Lipinski definition) is 5. The summed E-state index contributed by atoms with van der Waals surface area (Å²) in [7, 11) is 0. The topological polar surface area (TPSA) is 91.2 Å². The molecule has 0 saturated carbocycles. The molecule has 0 aliphatic rings. The normalized spacial score (nSPS) is 10.6. The fourth-order valence-corrected chi connectivity index (χ4v) is 2.31. The largest absolute Gasteiger partial charge is 0.462 e. The van der Waals surface area contributed by atoms with Crippen LogP contribution in [0.4, 0.5) is 5.69 Å². The number of nitriles is 1. The summed E-state index contributed by atoms with van der Waals surface area (Å²) in [6.07, 6.45) is 1.38. The molecule has 0 heterocycles. The number of carbonyl (C=O) groups is 2. The Labute approximate surface area is 158 Å². The Kier molecular flexibility index (Phi) is 7.15. The fourth-order valence-electron chi connectivity index (χ4n) is 2.31. The number of nitrogens with zero attached hydrogens (tertiary/aromatic N) is 1. The van der Waals surface area contributed by atoms with E-state index in [2.05, 4.69) is 10.6 Å². The number of benzene rings is 2. The minimum atomic E-state index is -0.478. The molecule has 138 valence electrons. The summed E-state index contributed by atoms with van der Waals surface area (Å²) in [4.78, 5) is 23.8. The van der Waals surface area contributed by atoms with Crippen molar-refractivity contribution < 1.29 is 14.3 Å². The standard InChI is InChI=1S/C21H21N3O3/c1-3-27-21(26)17-9-7-16(8-10-17)13-23-14-18(12-22)20(25)24-19-6-4-5-15(2)11-19/h4-11,14,23H,3,13H2,1-2H3,(H,24,25)/b18-14-. The summed E-state index contributed by atoms with van der Waals surface area (Å²) in [5, 5.41) is 14.8. The molecule has 6 heteroatoms. The third-order valence-corrected chi connectivity index (χ3v) is 3.66. The van der Waals surface area contributed by atoms with Gasteiger partial charge in [0.15, 0.2) is 0 Å². The fraction of sp³-hybridized carbons (Fsp3) is 0.190. The first-order chi connectivity index (χ1) is 13.0. The second-order valence-corrected chi connectivity index (χ2v) is 5.79. The average Bonchev–Trinajstić information content (AvgIpc) is 2.66. The molecule has 27 heavy (non-hydrogen) atoms. The highest BCUT2D eigenvalue weighted by atomic mass is 16.5. The minimum absolute atomic E-state index is 0.0281. The highest BCUT2D eigenvalue weighted by molar-refractivity contribution is 6.06. The van der Waals surface area contributed by atoms with Gasteiger partial charge in [-0.15, -0.1) is 0 Å². The number of anilines is 1. The maximum Gasteiger partial charge on any atom is 0.338 e. The Morgan fingerprint density at radius 3 is 2.56 bits per heavy atom. The van der Waals surface area contributed by atoms with E-state index in [0.717, 1.165) is 11.1 Å². The average molecular weight is 363 g/mol. The van der Waals surface area contributed by atoms with Gasteiger partial charge in [0.25, 0.3) is 5.91 Å². The van der Waals surface area contributed by atoms with Crippen LogP contribution in [-0.4, -0.2) is 18.5 Å². The highest BCUT2D eigenvalue weighted by Crippen LogP contribution is 2.11. The van der Waals surface area contributed by atoms with E-state index in [9.17, 15) is 14.9 Å². The van der Waals surface area contributed by atoms with E-state index < -0.39 is 5.91 Å². The van der Waals surface area contributed by atoms with Crippen molar-refractivity contribution in [3.05, 3.63) is 77.0 Å². The van der Waals surface area contributed by atoms with E-state index in [1.807, 2.05) is 31.2 Å². The molecule has 6 nitrogen and oxygen atoms in total. The number of amides is 1. The third kappa shape index (κ3) is 6.01. The number of aryl methyl sites for hydroxylation is 1. The van der Waals surface area contributed by atoms with Gasteiger partial charge in [0.1, 0.15) is 11.6 Å². The second-order valence-electron chi connectivity index (χ2n) is 5.79. The molecule has 2 rings (SSSR count). The molecule has 0 spiro atoms. The number of rotatable bonds is 7. The van der Waals surface area contributed by atoms with Crippen LogP contribution in [0.15, 0.2) is 60.3 Å². The van der Waals surface area contributed by atoms with Crippen LogP contribution in [0, 0.1) is 18.3 Å². The Morgan fingerprint density at radius 2 is 1.93 bits per heavy atom. The Hall–Kier alpha value is -3.59. The van der Waals surface area contributed by atoms with Gasteiger partial charge in [-0.2, -0.15) is 5.26 Å². The SMILES string of the molecule is CCOC(=O)c1ccc(CN/C=C(/C#N)C(=O)Nc2cccc(C)c2)cc1. The van der Waals surface area contributed by atoms with Crippen LogP contribution in [0.1, 0.15) is 28.4 Å². The molecule has 0 saturated heterocycles. The van der Waals surface area contributed by atoms with E-state index in [1.165, 1.54) is 6.20 Å². The van der Waals surface area contributed by atoms with Crippen LogP contribution in [0.3, 0.4) is 0 Å². The van der Waals surface area contributed by atoms with Gasteiger partial charge in [0, 0.05) is 18.4 Å². The van der Waals surface area contributed by atoms with Crippen LogP contribution in [0.5, 0.6) is 0 Å². The zero-order chi connectivity index (χ0) is 19.6. The predicted molar refractivity (Wildman–Crippen MR) is 103 cm³/mol. The smallest absolute Gasteiger partial charge is 0.338 e. The summed E-state index contributed by atoms with van der Waals surface area (Å²) >= 11 is 0. The van der Waals surface area contributed by atoms with E-state index in [4.69, 9.17) is 4.74 Å². The Morgan fingerprint density at radius 1 is 1.19 bits per heavy atom. The van der Waals surface area contributed by atoms with Gasteiger partial charge in [0.05, 0.1) is 12.2 Å². The van der Waals surface area contributed by atoms with Gasteiger partial charge >= 0.3 is 5.97 Å². The first-order valence-corrected chi connectivity index (χ1v) is 8.51. The zero-order valence-electron chi connectivity index (χ0n) is 15.3. The van der Waals surface area contributed by atoms with Gasteiger partial charge in [-0.05, 0) is 49.2 Å². The molecule has 2 N–H and O–H groups in total. The molecule has 0 aliphatic carbocycles. The monoisotopic (exact) mass is 363 g/mol. The molecular weight excluding hydrogens is 342 g/mol. The van der Waals surface area contributed by atoms with Gasteiger partial charge in [-0.1, -0.05) is 24.3 Å². The van der Waals surface area contributed by atoms with Gasteiger partial charge in [-0.3, -0.25) is 4.79 Å². The van der Waals surface area contributed by atoms with Crippen LogP contribution in [-0.2, 0) is 16.1 Å². The highest BCUT2D eigenvalue weighted by Gasteiger charge is 2.09. The maximum atomic E-state index is 12.2. The molecule has 0 atom stereocenters. The number of ether oxygens (including phenoxy) is 1. The minimum Gasteiger partial charge on any atom is -0.462 e. The molecule has 0 fully saturated rings. The van der Waals surface area contributed by atoms with Crippen LogP contribution >= 0.6 is 0 Å². The molecule has 0 aromatic heterocycles. The number of hydrogen-bond donors (Lipinski definition) is 2. The molecule has 1 amide bonds. The number of esters is 1. The quantitative estimate of drug-likeness (QED) is 0.447. The second kappa shape index (κ2) is 9.78. The molecule has 0 unspecified atom stereocenters. The lowest BCUT2D eigenvalue weighted by Gasteiger charge is -2.07. The lowest BCUT2D eigenvalue weighted by Crippen LogP contribution is -2.16. The van der Waals surface area contributed by atoms with Gasteiger partial charge in [-0.25, -0.2) is 4.79 Å². The van der Waals surface area contributed by atoms with E-state index in [0.29, 0.717) is 24.4 Å². The molecular formula is C21H21N3O3. The van der Waals surface area contributed by atoms with Crippen molar-refractivity contribution in [2.75, 3.05) is 11.9 Å². The first-order valence-electron chi connectivity index (χ1n) is 8.51. The van der Waals surface area contributed by atoms with Crippen molar-refractivity contribution in [3.63, 3.8) is 0 Å². The number of carbonyl (C=O) groups excluding carboxylic acids is 2. The van der Waals surface area contributed by atoms with Crippen molar-refractivity contribution in [3.8, 4) is 6.07 Å². The molecule has 0 radical (unpaired) electrons. The van der Waals surface area contributed by atoms with Gasteiger partial charge < -0.3 is 15.4 Å². The van der Waals surface area contributed by atoms with Crippen molar-refractivity contribution in [2.45, 2.75) is 20.4 Å². The summed E-state index contributed by atoms with van der Waals surface area (Å²) in [5.41, 5.74) is 3.00. The third-order valence-electron chi connectivity index (χ3n) is 3.66. The molecule has 2 aromatic rings. The van der Waals surface area contributed by atoms with Crippen LogP contribution in [0.2, 0.25) is 0 Å². The summed E-state index contributed by atoms with van der Waals surface area (Å²) in [6.45, 7) is 4.41. The Bertz CT molecular complexity index is 880. The van der Waals surface area contributed by atoms with Crippen molar-refractivity contribution in [1.29, 1.82) is 5.26 Å². The summed E-state index contributed by atoms with van der Waals surface area (Å²) < 4.78 is 4.93. The predicted octanol–water partition coefficient (Wildman–Crippen LogP) is 3.31. The first kappa shape index (κ1) is 19.7. The van der Waals surface area contributed by atoms with E-state index >= 15 is 0 Å². The Balaban J connectivity index is 1.94. The van der Waals surface area contributed by atoms with Crippen molar-refractivity contribution in [2.24, 2.45) is 0 Å². The summed E-state index contributed by atoms with van der Waals surface area (Å²) in [5.74, 6) is -0.843. The summed E-state index contributed by atoms with van der Waals surface area (Å²) in [6, 6.07) is 16.1. The van der Waals surface area contributed by atoms with Crippen LogP contribution in [0.25, 0.3) is 0 Å². The van der Waals surface area contributed by atoms with Crippen molar-refractivity contribution in [1.82, 2.24) is 5.32 Å². The zero-order valence-corrected chi connectivity index (χ0v) is 15.3. The van der Waals surface area contributed by atoms with Gasteiger partial charge in [0.2, 0.25) is 0 Å². The van der Waals surface area contributed by atoms with Crippen molar-refractivity contribution >= 4 is 17.6 Å². The molecule has 0 aliphatic heterocycles.